The molecule has 30 heavy (non-hydrogen) atoms. The second-order valence-electron chi connectivity index (χ2n) is 9.37. The summed E-state index contributed by atoms with van der Waals surface area (Å²) in [6.07, 6.45) is 8.73. The lowest BCUT2D eigenvalue weighted by molar-refractivity contribution is -0.0701. The van der Waals surface area contributed by atoms with Crippen LogP contribution < -0.4 is 20.1 Å². The van der Waals surface area contributed by atoms with Crippen molar-refractivity contribution in [2.75, 3.05) is 6.54 Å². The van der Waals surface area contributed by atoms with Crippen LogP contribution in [-0.2, 0) is 17.7 Å². The molecule has 6 nitrogen and oxygen atoms in total. The summed E-state index contributed by atoms with van der Waals surface area (Å²) in [5, 5.41) is 6.31. The summed E-state index contributed by atoms with van der Waals surface area (Å²) in [7, 11) is 0. The third-order valence-electron chi connectivity index (χ3n) is 5.50. The number of rotatable bonds is 6. The summed E-state index contributed by atoms with van der Waals surface area (Å²) < 4.78 is 17.9. The molecule has 2 aliphatic rings. The predicted octanol–water partition coefficient (Wildman–Crippen LogP) is 4.22. The molecule has 164 valence electrons. The smallest absolute Gasteiger partial charge is 0.407 e. The molecule has 1 unspecified atom stereocenters. The number of ether oxygens (including phenoxy) is 3. The van der Waals surface area contributed by atoms with Gasteiger partial charge in [0, 0.05) is 32.4 Å². The van der Waals surface area contributed by atoms with E-state index in [1.165, 1.54) is 11.1 Å². The van der Waals surface area contributed by atoms with Crippen molar-refractivity contribution >= 4 is 6.09 Å². The van der Waals surface area contributed by atoms with Gasteiger partial charge < -0.3 is 24.8 Å². The standard InChI is InChI=1S/C24H34N2O4/c1-7-9-18(26-22(27)30-23(3,4)5)10-8-12-24(6)28-20-14-17-11-13-25-15-19(17)16(2)21(20)29-24/h1,14,18,25H,8-13,15H2,2-6H3,(H,26,27)/t18-,24?/m0/s1. The number of carbonyl (C=O) groups excluding carboxylic acids is 1. The molecule has 2 heterocycles. The average Bonchev–Trinajstić information content (AvgIpc) is 2.97. The molecule has 1 aromatic carbocycles. The highest BCUT2D eigenvalue weighted by atomic mass is 16.7. The molecule has 0 spiro atoms. The van der Waals surface area contributed by atoms with Crippen molar-refractivity contribution < 1.29 is 19.0 Å². The SMILES string of the molecule is C#CC[C@@H](CCCC1(C)Oc2cc3c(c(C)c2O1)CNCC3)NC(=O)OC(C)(C)C. The number of amides is 1. The van der Waals surface area contributed by atoms with E-state index in [2.05, 4.69) is 29.5 Å². The number of terminal acetylenes is 1. The van der Waals surface area contributed by atoms with Crippen molar-refractivity contribution in [2.24, 2.45) is 0 Å². The summed E-state index contributed by atoms with van der Waals surface area (Å²) in [4.78, 5) is 12.1. The van der Waals surface area contributed by atoms with E-state index in [9.17, 15) is 4.79 Å². The van der Waals surface area contributed by atoms with Crippen LogP contribution in [0.4, 0.5) is 4.79 Å². The zero-order valence-corrected chi connectivity index (χ0v) is 18.8. The zero-order valence-electron chi connectivity index (χ0n) is 18.8. The minimum absolute atomic E-state index is 0.141. The zero-order chi connectivity index (χ0) is 21.9. The maximum Gasteiger partial charge on any atom is 0.407 e. The molecule has 0 radical (unpaired) electrons. The topological polar surface area (TPSA) is 68.8 Å². The van der Waals surface area contributed by atoms with Crippen molar-refractivity contribution in [2.45, 2.75) is 90.7 Å². The lowest BCUT2D eigenvalue weighted by atomic mass is 9.95. The molecule has 3 rings (SSSR count). The number of alkyl carbamates (subject to hydrolysis) is 1. The first-order chi connectivity index (χ1) is 14.1. The molecule has 0 bridgehead atoms. The van der Waals surface area contributed by atoms with E-state index in [0.29, 0.717) is 12.8 Å². The molecule has 1 amide bonds. The number of hydrogen-bond donors (Lipinski definition) is 2. The summed E-state index contributed by atoms with van der Waals surface area (Å²) in [6.45, 7) is 11.5. The molecule has 2 N–H and O–H groups in total. The monoisotopic (exact) mass is 414 g/mol. The molecule has 0 aliphatic carbocycles. The molecule has 0 aromatic heterocycles. The number of fused-ring (bicyclic) bond motifs is 2. The third-order valence-corrected chi connectivity index (χ3v) is 5.50. The fraction of sp³-hybridized carbons (Fsp3) is 0.625. The van der Waals surface area contributed by atoms with E-state index in [-0.39, 0.29) is 6.04 Å². The maximum absolute atomic E-state index is 12.1. The molecule has 0 fully saturated rings. The summed E-state index contributed by atoms with van der Waals surface area (Å²) >= 11 is 0. The Hall–Kier alpha value is -2.39. The molecular weight excluding hydrogens is 380 g/mol. The van der Waals surface area contributed by atoms with E-state index >= 15 is 0 Å². The largest absolute Gasteiger partial charge is 0.449 e. The molecule has 0 saturated carbocycles. The van der Waals surface area contributed by atoms with Gasteiger partial charge in [-0.3, -0.25) is 0 Å². The highest BCUT2D eigenvalue weighted by Crippen LogP contribution is 2.46. The third kappa shape index (κ3) is 5.40. The van der Waals surface area contributed by atoms with E-state index < -0.39 is 17.5 Å². The first kappa shape index (κ1) is 22.3. The van der Waals surface area contributed by atoms with Crippen LogP contribution in [-0.4, -0.2) is 30.1 Å². The molecule has 2 aliphatic heterocycles. The first-order valence-electron chi connectivity index (χ1n) is 10.8. The Morgan fingerprint density at radius 3 is 2.90 bits per heavy atom. The van der Waals surface area contributed by atoms with Gasteiger partial charge in [0.15, 0.2) is 11.5 Å². The Morgan fingerprint density at radius 2 is 2.20 bits per heavy atom. The Balaban J connectivity index is 1.57. The fourth-order valence-corrected chi connectivity index (χ4v) is 4.06. The van der Waals surface area contributed by atoms with Gasteiger partial charge in [-0.1, -0.05) is 0 Å². The quantitative estimate of drug-likeness (QED) is 0.683. The lowest BCUT2D eigenvalue weighted by Crippen LogP contribution is -2.40. The van der Waals surface area contributed by atoms with E-state index in [4.69, 9.17) is 20.6 Å². The number of nitrogens with one attached hydrogen (secondary N) is 2. The van der Waals surface area contributed by atoms with Crippen LogP contribution in [0.15, 0.2) is 6.07 Å². The van der Waals surface area contributed by atoms with Crippen LogP contribution in [0.2, 0.25) is 0 Å². The van der Waals surface area contributed by atoms with Crippen molar-refractivity contribution in [1.82, 2.24) is 10.6 Å². The van der Waals surface area contributed by atoms with Crippen LogP contribution in [0.5, 0.6) is 11.5 Å². The van der Waals surface area contributed by atoms with Gasteiger partial charge in [0.2, 0.25) is 5.79 Å². The average molecular weight is 415 g/mol. The number of benzene rings is 1. The van der Waals surface area contributed by atoms with Gasteiger partial charge in [-0.05, 0) is 76.3 Å². The summed E-state index contributed by atoms with van der Waals surface area (Å²) in [6, 6.07) is 1.99. The minimum atomic E-state index is -0.711. The van der Waals surface area contributed by atoms with Gasteiger partial charge in [-0.25, -0.2) is 4.79 Å². The van der Waals surface area contributed by atoms with E-state index in [1.54, 1.807) is 0 Å². The molecule has 6 heteroatoms. The molecule has 1 aromatic rings. The molecule has 2 atom stereocenters. The second-order valence-corrected chi connectivity index (χ2v) is 9.37. The Labute approximate surface area is 180 Å². The van der Waals surface area contributed by atoms with E-state index in [1.807, 2.05) is 27.7 Å². The van der Waals surface area contributed by atoms with Gasteiger partial charge in [-0.2, -0.15) is 0 Å². The van der Waals surface area contributed by atoms with Gasteiger partial charge in [0.05, 0.1) is 0 Å². The van der Waals surface area contributed by atoms with Crippen molar-refractivity contribution in [3.8, 4) is 23.8 Å². The van der Waals surface area contributed by atoms with Gasteiger partial charge in [0.25, 0.3) is 0 Å². The molecular formula is C24H34N2O4. The first-order valence-corrected chi connectivity index (χ1v) is 10.8. The van der Waals surface area contributed by atoms with Gasteiger partial charge in [0.1, 0.15) is 5.60 Å². The summed E-state index contributed by atoms with van der Waals surface area (Å²) in [5.41, 5.74) is 3.29. The molecule has 0 saturated heterocycles. The van der Waals surface area contributed by atoms with Gasteiger partial charge in [-0.15, -0.1) is 12.3 Å². The lowest BCUT2D eigenvalue weighted by Gasteiger charge is -2.25. The Kier molecular flexibility index (Phi) is 6.52. The van der Waals surface area contributed by atoms with Crippen molar-refractivity contribution in [1.29, 1.82) is 0 Å². The Morgan fingerprint density at radius 1 is 1.43 bits per heavy atom. The maximum atomic E-state index is 12.1. The predicted molar refractivity (Wildman–Crippen MR) is 117 cm³/mol. The van der Waals surface area contributed by atoms with Crippen LogP contribution >= 0.6 is 0 Å². The minimum Gasteiger partial charge on any atom is -0.449 e. The highest BCUT2D eigenvalue weighted by molar-refractivity contribution is 5.68. The fourth-order valence-electron chi connectivity index (χ4n) is 4.06. The Bertz CT molecular complexity index is 837. The van der Waals surface area contributed by atoms with Crippen molar-refractivity contribution in [3.05, 3.63) is 22.8 Å². The number of carbonyl (C=O) groups is 1. The number of hydrogen-bond acceptors (Lipinski definition) is 5. The normalized spacial score (nSPS) is 20.8. The van der Waals surface area contributed by atoms with Crippen LogP contribution in [0.1, 0.15) is 70.1 Å². The van der Waals surface area contributed by atoms with Crippen LogP contribution in [0.3, 0.4) is 0 Å². The highest BCUT2D eigenvalue weighted by Gasteiger charge is 2.38. The summed E-state index contributed by atoms with van der Waals surface area (Å²) in [5.74, 6) is 3.62. The second kappa shape index (κ2) is 8.77. The van der Waals surface area contributed by atoms with Gasteiger partial charge >= 0.3 is 6.09 Å². The van der Waals surface area contributed by atoms with E-state index in [0.717, 1.165) is 49.4 Å². The van der Waals surface area contributed by atoms with Crippen LogP contribution in [0, 0.1) is 19.3 Å². The van der Waals surface area contributed by atoms with Crippen LogP contribution in [0.25, 0.3) is 0 Å². The van der Waals surface area contributed by atoms with Crippen molar-refractivity contribution in [3.63, 3.8) is 0 Å².